The van der Waals surface area contributed by atoms with E-state index in [1.807, 2.05) is 17.6 Å². The van der Waals surface area contributed by atoms with E-state index in [4.69, 9.17) is 4.74 Å². The van der Waals surface area contributed by atoms with E-state index in [1.165, 1.54) is 6.92 Å². The zero-order chi connectivity index (χ0) is 19.3. The molecule has 8 nitrogen and oxygen atoms in total. The molecule has 2 heterocycles. The normalized spacial score (nSPS) is 11.5. The number of aromatic nitrogens is 2. The van der Waals surface area contributed by atoms with Crippen molar-refractivity contribution in [2.45, 2.75) is 33.8 Å². The van der Waals surface area contributed by atoms with Crippen LogP contribution in [0.4, 0.5) is 4.79 Å². The maximum atomic E-state index is 12.5. The van der Waals surface area contributed by atoms with Gasteiger partial charge in [-0.15, -0.1) is 0 Å². The molecule has 0 spiro atoms. The van der Waals surface area contributed by atoms with Crippen LogP contribution in [0.1, 0.15) is 35.6 Å². The molecule has 2 N–H and O–H groups in total. The number of amides is 3. The van der Waals surface area contributed by atoms with E-state index in [0.29, 0.717) is 17.8 Å². The summed E-state index contributed by atoms with van der Waals surface area (Å²) in [4.78, 5) is 39.8. The summed E-state index contributed by atoms with van der Waals surface area (Å²) in [5.41, 5.74) is 2.69. The van der Waals surface area contributed by atoms with Crippen LogP contribution < -0.4 is 10.6 Å². The highest BCUT2D eigenvalue weighted by Gasteiger charge is 2.24. The molecule has 2 aromatic rings. The van der Waals surface area contributed by atoms with Gasteiger partial charge < -0.3 is 14.6 Å². The van der Waals surface area contributed by atoms with Crippen LogP contribution in [0.2, 0.25) is 0 Å². The van der Waals surface area contributed by atoms with Gasteiger partial charge in [0.2, 0.25) is 0 Å². The largest absolute Gasteiger partial charge is 0.449 e. The Kier molecular flexibility index (Phi) is 6.11. The molecule has 3 amide bonds. The minimum absolute atomic E-state index is 0.351. The highest BCUT2D eigenvalue weighted by atomic mass is 16.5. The molecule has 0 aliphatic heterocycles. The Morgan fingerprint density at radius 3 is 2.65 bits per heavy atom. The number of rotatable bonds is 5. The van der Waals surface area contributed by atoms with Crippen LogP contribution in [0, 0.1) is 13.8 Å². The lowest BCUT2D eigenvalue weighted by Gasteiger charge is -2.13. The second kappa shape index (κ2) is 8.28. The molecule has 0 radical (unpaired) electrons. The van der Waals surface area contributed by atoms with Gasteiger partial charge in [0.05, 0.1) is 17.4 Å². The van der Waals surface area contributed by atoms with Crippen molar-refractivity contribution < 1.29 is 19.1 Å². The average molecular weight is 358 g/mol. The van der Waals surface area contributed by atoms with Gasteiger partial charge in [-0.05, 0) is 45.9 Å². The minimum atomic E-state index is -1.11. The minimum Gasteiger partial charge on any atom is -0.449 e. The fourth-order valence-electron chi connectivity index (χ4n) is 2.55. The van der Waals surface area contributed by atoms with Crippen LogP contribution >= 0.6 is 0 Å². The standard InChI is InChI=1S/C18H22N4O4/c1-5-20-18(25)21-16(23)13(4)26-17(24)15-9-11(2)22(12(15)3)14-7-6-8-19-10-14/h6-10,13H,5H2,1-4H3,(H2,20,21,23,25). The fourth-order valence-corrected chi connectivity index (χ4v) is 2.55. The molecule has 26 heavy (non-hydrogen) atoms. The van der Waals surface area contributed by atoms with Gasteiger partial charge in [-0.25, -0.2) is 9.59 Å². The molecule has 1 unspecified atom stereocenters. The molecular weight excluding hydrogens is 336 g/mol. The molecule has 138 valence electrons. The second-order valence-electron chi connectivity index (χ2n) is 5.73. The molecule has 0 aliphatic rings. The Morgan fingerprint density at radius 2 is 2.04 bits per heavy atom. The van der Waals surface area contributed by atoms with E-state index in [-0.39, 0.29) is 0 Å². The lowest BCUT2D eigenvalue weighted by molar-refractivity contribution is -0.127. The van der Waals surface area contributed by atoms with Crippen molar-refractivity contribution in [1.82, 2.24) is 20.2 Å². The lowest BCUT2D eigenvalue weighted by Crippen LogP contribution is -2.44. The molecule has 0 bridgehead atoms. The van der Waals surface area contributed by atoms with E-state index in [2.05, 4.69) is 15.6 Å². The number of pyridine rings is 1. The quantitative estimate of drug-likeness (QED) is 0.795. The Hall–Kier alpha value is -3.16. The number of carbonyl (C=O) groups is 3. The molecule has 0 saturated heterocycles. The first-order valence-corrected chi connectivity index (χ1v) is 8.24. The van der Waals surface area contributed by atoms with Gasteiger partial charge >= 0.3 is 12.0 Å². The number of carbonyl (C=O) groups excluding carboxylic acids is 3. The molecule has 8 heteroatoms. The maximum absolute atomic E-state index is 12.5. The number of ether oxygens (including phenoxy) is 1. The number of urea groups is 1. The molecule has 1 atom stereocenters. The van der Waals surface area contributed by atoms with Crippen molar-refractivity contribution in [1.29, 1.82) is 0 Å². The third kappa shape index (κ3) is 4.27. The average Bonchev–Trinajstić information content (AvgIpc) is 2.90. The SMILES string of the molecule is CCNC(=O)NC(=O)C(C)OC(=O)c1cc(C)n(-c2cccnc2)c1C. The predicted molar refractivity (Wildman–Crippen MR) is 95.1 cm³/mol. The Bertz CT molecular complexity index is 814. The summed E-state index contributed by atoms with van der Waals surface area (Å²) < 4.78 is 7.08. The van der Waals surface area contributed by atoms with Crippen LogP contribution in [-0.2, 0) is 9.53 Å². The van der Waals surface area contributed by atoms with Crippen molar-refractivity contribution in [2.24, 2.45) is 0 Å². The molecule has 0 saturated carbocycles. The molecule has 0 aliphatic carbocycles. The number of esters is 1. The summed E-state index contributed by atoms with van der Waals surface area (Å²) in [5.74, 6) is -1.32. The number of nitrogens with one attached hydrogen (secondary N) is 2. The van der Waals surface area contributed by atoms with Crippen molar-refractivity contribution in [3.63, 3.8) is 0 Å². The van der Waals surface area contributed by atoms with Crippen LogP contribution in [0.25, 0.3) is 5.69 Å². The number of imide groups is 1. The van der Waals surface area contributed by atoms with Crippen molar-refractivity contribution in [3.05, 3.63) is 47.5 Å². The van der Waals surface area contributed by atoms with Gasteiger partial charge in [-0.3, -0.25) is 15.1 Å². The Labute approximate surface area is 151 Å². The van der Waals surface area contributed by atoms with E-state index < -0.39 is 24.0 Å². The molecule has 2 aromatic heterocycles. The van der Waals surface area contributed by atoms with Crippen LogP contribution in [-0.4, -0.2) is 40.1 Å². The fraction of sp³-hybridized carbons (Fsp3) is 0.333. The van der Waals surface area contributed by atoms with Gasteiger partial charge in [-0.2, -0.15) is 0 Å². The van der Waals surface area contributed by atoms with E-state index in [0.717, 1.165) is 11.4 Å². The topological polar surface area (TPSA) is 102 Å². The van der Waals surface area contributed by atoms with Crippen LogP contribution in [0.15, 0.2) is 30.6 Å². The highest BCUT2D eigenvalue weighted by Crippen LogP contribution is 2.21. The van der Waals surface area contributed by atoms with Gasteiger partial charge in [0.25, 0.3) is 5.91 Å². The van der Waals surface area contributed by atoms with E-state index >= 15 is 0 Å². The molecule has 0 fully saturated rings. The third-order valence-corrected chi connectivity index (χ3v) is 3.78. The third-order valence-electron chi connectivity index (χ3n) is 3.78. The van der Waals surface area contributed by atoms with E-state index in [1.54, 1.807) is 38.4 Å². The molecule has 2 rings (SSSR count). The van der Waals surface area contributed by atoms with Crippen LogP contribution in [0.3, 0.4) is 0 Å². The van der Waals surface area contributed by atoms with Crippen molar-refractivity contribution in [2.75, 3.05) is 6.54 Å². The summed E-state index contributed by atoms with van der Waals surface area (Å²) in [7, 11) is 0. The zero-order valence-corrected chi connectivity index (χ0v) is 15.2. The van der Waals surface area contributed by atoms with Gasteiger partial charge in [0.15, 0.2) is 6.10 Å². The van der Waals surface area contributed by atoms with E-state index in [9.17, 15) is 14.4 Å². The van der Waals surface area contributed by atoms with Gasteiger partial charge in [0.1, 0.15) is 0 Å². The highest BCUT2D eigenvalue weighted by molar-refractivity contribution is 5.98. The van der Waals surface area contributed by atoms with Crippen molar-refractivity contribution >= 4 is 17.9 Å². The Morgan fingerprint density at radius 1 is 1.31 bits per heavy atom. The zero-order valence-electron chi connectivity index (χ0n) is 15.2. The summed E-state index contributed by atoms with van der Waals surface area (Å²) in [6, 6.07) is 4.75. The first kappa shape index (κ1) is 19.2. The molecule has 0 aromatic carbocycles. The number of nitrogens with zero attached hydrogens (tertiary/aromatic N) is 2. The number of aryl methyl sites for hydroxylation is 1. The summed E-state index contributed by atoms with van der Waals surface area (Å²) in [6.45, 7) is 7.17. The number of hydrogen-bond acceptors (Lipinski definition) is 5. The molecular formula is C18H22N4O4. The predicted octanol–water partition coefficient (Wildman–Crippen LogP) is 1.88. The monoisotopic (exact) mass is 358 g/mol. The first-order chi connectivity index (χ1) is 12.3. The Balaban J connectivity index is 2.13. The summed E-state index contributed by atoms with van der Waals surface area (Å²) >= 11 is 0. The lowest BCUT2D eigenvalue weighted by atomic mass is 10.2. The van der Waals surface area contributed by atoms with Gasteiger partial charge in [0, 0.05) is 24.1 Å². The summed E-state index contributed by atoms with van der Waals surface area (Å²) in [6.07, 6.45) is 2.26. The summed E-state index contributed by atoms with van der Waals surface area (Å²) in [5, 5.41) is 4.55. The van der Waals surface area contributed by atoms with Crippen LogP contribution in [0.5, 0.6) is 0 Å². The van der Waals surface area contributed by atoms with Gasteiger partial charge in [-0.1, -0.05) is 0 Å². The smallest absolute Gasteiger partial charge is 0.340 e. The number of hydrogen-bond donors (Lipinski definition) is 2. The first-order valence-electron chi connectivity index (χ1n) is 8.24. The maximum Gasteiger partial charge on any atom is 0.340 e. The van der Waals surface area contributed by atoms with Crippen molar-refractivity contribution in [3.8, 4) is 5.69 Å². The second-order valence-corrected chi connectivity index (χ2v) is 5.73.